The van der Waals surface area contributed by atoms with E-state index in [0.717, 1.165) is 23.1 Å². The van der Waals surface area contributed by atoms with Crippen molar-refractivity contribution in [3.63, 3.8) is 0 Å². The number of H-pyrrole nitrogens is 1. The molecule has 0 saturated heterocycles. The van der Waals surface area contributed by atoms with E-state index in [0.29, 0.717) is 11.6 Å². The van der Waals surface area contributed by atoms with Crippen LogP contribution < -0.4 is 0 Å². The molecule has 0 amide bonds. The lowest BCUT2D eigenvalue weighted by Gasteiger charge is -1.99. The van der Waals surface area contributed by atoms with Gasteiger partial charge in [0.15, 0.2) is 6.29 Å². The van der Waals surface area contributed by atoms with Crippen molar-refractivity contribution in [3.05, 3.63) is 41.7 Å². The van der Waals surface area contributed by atoms with Crippen LogP contribution in [0.1, 0.15) is 35.9 Å². The van der Waals surface area contributed by atoms with Crippen LogP contribution in [0.2, 0.25) is 0 Å². The van der Waals surface area contributed by atoms with Gasteiger partial charge in [0.1, 0.15) is 5.75 Å². The van der Waals surface area contributed by atoms with Gasteiger partial charge >= 0.3 is 0 Å². The van der Waals surface area contributed by atoms with Crippen LogP contribution >= 0.6 is 0 Å². The Morgan fingerprint density at radius 2 is 1.88 bits per heavy atom. The molecule has 0 aliphatic rings. The van der Waals surface area contributed by atoms with Crippen LogP contribution in [0.4, 0.5) is 0 Å². The molecule has 0 radical (unpaired) electrons. The Labute approximate surface area is 100 Å². The van der Waals surface area contributed by atoms with Crippen molar-refractivity contribution in [2.45, 2.75) is 19.8 Å². The number of hydrogen-bond donors (Lipinski definition) is 2. The number of hydrogen-bond acceptors (Lipinski definition) is 2. The minimum atomic E-state index is 0.223. The first-order valence-electron chi connectivity index (χ1n) is 5.59. The topological polar surface area (TPSA) is 53.1 Å². The number of carbonyl (C=O) groups excluding carboxylic acids is 1. The molecule has 3 heteroatoms. The van der Waals surface area contributed by atoms with E-state index in [1.807, 2.05) is 6.07 Å². The Morgan fingerprint density at radius 3 is 2.41 bits per heavy atom. The van der Waals surface area contributed by atoms with Gasteiger partial charge in [-0.2, -0.15) is 0 Å². The molecular weight excluding hydrogens is 214 g/mol. The zero-order valence-electron chi connectivity index (χ0n) is 9.90. The number of nitrogens with one attached hydrogen (secondary N) is 1. The minimum Gasteiger partial charge on any atom is -0.508 e. The van der Waals surface area contributed by atoms with Crippen LogP contribution in [0.3, 0.4) is 0 Å². The second kappa shape index (κ2) is 4.45. The Hall–Kier alpha value is -2.03. The van der Waals surface area contributed by atoms with Gasteiger partial charge in [-0.05, 0) is 29.7 Å². The molecule has 0 spiro atoms. The quantitative estimate of drug-likeness (QED) is 0.793. The third-order valence-corrected chi connectivity index (χ3v) is 2.79. The standard InChI is InChI=1S/C14H15NO2/c1-9(2)13-7-12(14(8-16)15-13)10-3-5-11(17)6-4-10/h3-9,15,17H,1-2H3. The summed E-state index contributed by atoms with van der Waals surface area (Å²) in [5, 5.41) is 9.25. The number of carbonyl (C=O) groups is 1. The van der Waals surface area contributed by atoms with Gasteiger partial charge in [0.05, 0.1) is 5.69 Å². The van der Waals surface area contributed by atoms with E-state index in [9.17, 15) is 9.90 Å². The number of phenolic OH excluding ortho intramolecular Hbond substituents is 1. The van der Waals surface area contributed by atoms with Crippen molar-refractivity contribution in [2.24, 2.45) is 0 Å². The average molecular weight is 229 g/mol. The highest BCUT2D eigenvalue weighted by Gasteiger charge is 2.11. The van der Waals surface area contributed by atoms with E-state index in [4.69, 9.17) is 0 Å². The maximum absolute atomic E-state index is 11.0. The summed E-state index contributed by atoms with van der Waals surface area (Å²) in [6, 6.07) is 8.82. The number of benzene rings is 1. The first-order chi connectivity index (χ1) is 8.11. The van der Waals surface area contributed by atoms with E-state index >= 15 is 0 Å². The summed E-state index contributed by atoms with van der Waals surface area (Å²) in [6.45, 7) is 4.14. The van der Waals surface area contributed by atoms with E-state index in [2.05, 4.69) is 18.8 Å². The number of aromatic amines is 1. The Bertz CT molecular complexity index is 524. The number of aromatic hydroxyl groups is 1. The largest absolute Gasteiger partial charge is 0.508 e. The van der Waals surface area contributed by atoms with Crippen molar-refractivity contribution in [3.8, 4) is 16.9 Å². The van der Waals surface area contributed by atoms with Gasteiger partial charge in [-0.15, -0.1) is 0 Å². The minimum absolute atomic E-state index is 0.223. The Kier molecular flexibility index (Phi) is 3.00. The number of phenols is 1. The fraction of sp³-hybridized carbons (Fsp3) is 0.214. The van der Waals surface area contributed by atoms with Crippen molar-refractivity contribution in [1.29, 1.82) is 0 Å². The fourth-order valence-electron chi connectivity index (χ4n) is 1.78. The van der Waals surface area contributed by atoms with Gasteiger partial charge < -0.3 is 10.1 Å². The summed E-state index contributed by atoms with van der Waals surface area (Å²) in [5.74, 6) is 0.570. The number of aldehydes is 1. The lowest BCUT2D eigenvalue weighted by Crippen LogP contribution is -1.87. The molecule has 17 heavy (non-hydrogen) atoms. The third kappa shape index (κ3) is 2.23. The van der Waals surface area contributed by atoms with Gasteiger partial charge in [-0.25, -0.2) is 0 Å². The lowest BCUT2D eigenvalue weighted by molar-refractivity contribution is 0.112. The molecule has 0 saturated carbocycles. The maximum Gasteiger partial charge on any atom is 0.166 e. The van der Waals surface area contributed by atoms with E-state index < -0.39 is 0 Å². The second-order valence-corrected chi connectivity index (χ2v) is 4.37. The first kappa shape index (κ1) is 11.5. The van der Waals surface area contributed by atoms with Crippen LogP contribution in [0.15, 0.2) is 30.3 Å². The number of rotatable bonds is 3. The maximum atomic E-state index is 11.0. The highest BCUT2D eigenvalue weighted by Crippen LogP contribution is 2.28. The van der Waals surface area contributed by atoms with Crippen LogP contribution in [-0.4, -0.2) is 16.4 Å². The van der Waals surface area contributed by atoms with Gasteiger partial charge in [0.25, 0.3) is 0 Å². The fourth-order valence-corrected chi connectivity index (χ4v) is 1.78. The predicted molar refractivity (Wildman–Crippen MR) is 67.4 cm³/mol. The summed E-state index contributed by atoms with van der Waals surface area (Å²) in [4.78, 5) is 14.1. The molecule has 88 valence electrons. The van der Waals surface area contributed by atoms with Crippen molar-refractivity contribution >= 4 is 6.29 Å². The molecule has 0 unspecified atom stereocenters. The zero-order valence-corrected chi connectivity index (χ0v) is 9.90. The Balaban J connectivity index is 2.50. The third-order valence-electron chi connectivity index (χ3n) is 2.79. The highest BCUT2D eigenvalue weighted by atomic mass is 16.3. The van der Waals surface area contributed by atoms with Gasteiger partial charge in [0, 0.05) is 11.3 Å². The molecule has 0 fully saturated rings. The smallest absolute Gasteiger partial charge is 0.166 e. The molecule has 1 heterocycles. The van der Waals surface area contributed by atoms with E-state index in [1.54, 1.807) is 24.3 Å². The molecule has 2 N–H and O–H groups in total. The van der Waals surface area contributed by atoms with Gasteiger partial charge in [-0.3, -0.25) is 4.79 Å². The van der Waals surface area contributed by atoms with Gasteiger partial charge in [0.2, 0.25) is 0 Å². The molecule has 1 aromatic heterocycles. The molecule has 2 rings (SSSR count). The molecule has 0 aliphatic carbocycles. The normalized spacial score (nSPS) is 10.8. The van der Waals surface area contributed by atoms with Crippen LogP contribution in [0.5, 0.6) is 5.75 Å². The Morgan fingerprint density at radius 1 is 1.24 bits per heavy atom. The summed E-state index contributed by atoms with van der Waals surface area (Å²) < 4.78 is 0. The molecule has 3 nitrogen and oxygen atoms in total. The van der Waals surface area contributed by atoms with E-state index in [-0.39, 0.29) is 5.75 Å². The predicted octanol–water partition coefficient (Wildman–Crippen LogP) is 3.32. The van der Waals surface area contributed by atoms with Crippen molar-refractivity contribution < 1.29 is 9.90 Å². The average Bonchev–Trinajstić information content (AvgIpc) is 2.74. The summed E-state index contributed by atoms with van der Waals surface area (Å²) in [5.41, 5.74) is 3.42. The molecule has 0 atom stereocenters. The van der Waals surface area contributed by atoms with Crippen LogP contribution in [0.25, 0.3) is 11.1 Å². The molecular formula is C14H15NO2. The van der Waals surface area contributed by atoms with Crippen molar-refractivity contribution in [2.75, 3.05) is 0 Å². The van der Waals surface area contributed by atoms with E-state index in [1.165, 1.54) is 0 Å². The van der Waals surface area contributed by atoms with Crippen LogP contribution in [-0.2, 0) is 0 Å². The summed E-state index contributed by atoms with van der Waals surface area (Å²) in [6.07, 6.45) is 0.827. The number of aromatic nitrogens is 1. The summed E-state index contributed by atoms with van der Waals surface area (Å²) in [7, 11) is 0. The molecule has 0 aliphatic heterocycles. The molecule has 2 aromatic rings. The molecule has 1 aromatic carbocycles. The monoisotopic (exact) mass is 229 g/mol. The second-order valence-electron chi connectivity index (χ2n) is 4.37. The summed E-state index contributed by atoms with van der Waals surface area (Å²) >= 11 is 0. The first-order valence-corrected chi connectivity index (χ1v) is 5.59. The molecule has 0 bridgehead atoms. The highest BCUT2D eigenvalue weighted by molar-refractivity contribution is 5.86. The lowest BCUT2D eigenvalue weighted by atomic mass is 10.0. The SMILES string of the molecule is CC(C)c1cc(-c2ccc(O)cc2)c(C=O)[nH]1. The van der Waals surface area contributed by atoms with Crippen molar-refractivity contribution in [1.82, 2.24) is 4.98 Å². The van der Waals surface area contributed by atoms with Gasteiger partial charge in [-0.1, -0.05) is 26.0 Å². The van der Waals surface area contributed by atoms with Crippen LogP contribution in [0, 0.1) is 0 Å². The zero-order chi connectivity index (χ0) is 12.4.